The van der Waals surface area contributed by atoms with E-state index < -0.39 is 0 Å². The van der Waals surface area contributed by atoms with Crippen molar-refractivity contribution in [1.29, 1.82) is 0 Å². The highest BCUT2D eigenvalue weighted by Gasteiger charge is 2.31. The van der Waals surface area contributed by atoms with Crippen LogP contribution in [0, 0.1) is 0 Å². The summed E-state index contributed by atoms with van der Waals surface area (Å²) in [6.07, 6.45) is 0.880. The average molecular weight is 364 g/mol. The van der Waals surface area contributed by atoms with Gasteiger partial charge < -0.3 is 0 Å². The van der Waals surface area contributed by atoms with E-state index in [2.05, 4.69) is 44.9 Å². The topological polar surface area (TPSA) is 0 Å². The van der Waals surface area contributed by atoms with E-state index in [1.165, 1.54) is 11.1 Å². The minimum atomic E-state index is -0.190. The smallest absolute Gasteiger partial charge is 0.0335 e. The molecule has 0 radical (unpaired) electrons. The Morgan fingerprint density at radius 2 is 1.72 bits per heavy atom. The molecular formula is C14H13BrCl2S. The molecular weight excluding hydrogens is 351 g/mol. The van der Waals surface area contributed by atoms with Crippen LogP contribution in [0.1, 0.15) is 11.1 Å². The van der Waals surface area contributed by atoms with Gasteiger partial charge in [0.05, 0.1) is 0 Å². The normalized spacial score (nSPS) is 11.7. The Kier molecular flexibility index (Phi) is 5.14. The fourth-order valence-electron chi connectivity index (χ4n) is 1.97. The fraction of sp³-hybridized carbons (Fsp3) is 0.286. The molecule has 96 valence electrons. The highest BCUT2D eigenvalue weighted by Crippen LogP contribution is 2.33. The summed E-state index contributed by atoms with van der Waals surface area (Å²) >= 11 is 17.6. The third-order valence-corrected chi connectivity index (χ3v) is 5.37. The second-order valence-corrected chi connectivity index (χ2v) is 6.59. The largest absolute Gasteiger partial charge is 0.152 e. The van der Waals surface area contributed by atoms with Gasteiger partial charge in [-0.3, -0.25) is 0 Å². The van der Waals surface area contributed by atoms with Crippen LogP contribution in [0.3, 0.4) is 0 Å². The van der Waals surface area contributed by atoms with Crippen molar-refractivity contribution in [1.82, 2.24) is 0 Å². The quantitative estimate of drug-likeness (QED) is 0.618. The number of halogens is 3. The third-order valence-electron chi connectivity index (χ3n) is 3.09. The van der Waals surface area contributed by atoms with Crippen LogP contribution >= 0.6 is 50.5 Å². The lowest BCUT2D eigenvalue weighted by Gasteiger charge is -2.30. The molecule has 0 nitrogen and oxygen atoms in total. The molecule has 4 heteroatoms. The van der Waals surface area contributed by atoms with E-state index in [1.54, 1.807) is 11.3 Å². The number of hydrogen-bond acceptors (Lipinski definition) is 1. The summed E-state index contributed by atoms with van der Waals surface area (Å²) in [5, 5.41) is 4.25. The monoisotopic (exact) mass is 362 g/mol. The van der Waals surface area contributed by atoms with Crippen LogP contribution < -0.4 is 0 Å². The maximum absolute atomic E-state index is 6.22. The van der Waals surface area contributed by atoms with Crippen LogP contribution in [0.15, 0.2) is 45.6 Å². The third kappa shape index (κ3) is 3.11. The summed E-state index contributed by atoms with van der Waals surface area (Å²) < 4.78 is 1.07. The van der Waals surface area contributed by atoms with Crippen LogP contribution in [0.2, 0.25) is 0 Å². The molecule has 0 unspecified atom stereocenters. The molecule has 1 heterocycles. The van der Waals surface area contributed by atoms with Gasteiger partial charge in [-0.15, -0.1) is 23.2 Å². The molecule has 0 saturated carbocycles. The van der Waals surface area contributed by atoms with Crippen molar-refractivity contribution in [3.63, 3.8) is 0 Å². The number of thiophene rings is 1. The molecule has 2 rings (SSSR count). The molecule has 1 aromatic carbocycles. The van der Waals surface area contributed by atoms with Crippen molar-refractivity contribution in [3.8, 4) is 0 Å². The predicted molar refractivity (Wildman–Crippen MR) is 85.3 cm³/mol. The van der Waals surface area contributed by atoms with E-state index in [0.29, 0.717) is 11.8 Å². The summed E-state index contributed by atoms with van der Waals surface area (Å²) in [4.78, 5) is 0. The zero-order valence-electron chi connectivity index (χ0n) is 9.70. The van der Waals surface area contributed by atoms with Crippen molar-refractivity contribution in [2.75, 3.05) is 11.8 Å². The van der Waals surface area contributed by atoms with Crippen LogP contribution in [-0.4, -0.2) is 11.8 Å². The SMILES string of the molecule is ClCC(CCl)(Cc1ccsc1)c1ccc(Br)cc1. The lowest BCUT2D eigenvalue weighted by atomic mass is 9.79. The zero-order chi connectivity index (χ0) is 13.0. The van der Waals surface area contributed by atoms with Gasteiger partial charge >= 0.3 is 0 Å². The van der Waals surface area contributed by atoms with Crippen molar-refractivity contribution in [2.24, 2.45) is 0 Å². The van der Waals surface area contributed by atoms with Gasteiger partial charge in [0.25, 0.3) is 0 Å². The molecule has 0 saturated heterocycles. The van der Waals surface area contributed by atoms with Gasteiger partial charge in [0, 0.05) is 21.6 Å². The second kappa shape index (κ2) is 6.42. The zero-order valence-corrected chi connectivity index (χ0v) is 13.6. The van der Waals surface area contributed by atoms with E-state index in [9.17, 15) is 0 Å². The maximum atomic E-state index is 6.22. The first kappa shape index (κ1) is 14.4. The molecule has 18 heavy (non-hydrogen) atoms. The van der Waals surface area contributed by atoms with Crippen LogP contribution in [-0.2, 0) is 11.8 Å². The molecule has 0 bridgehead atoms. The van der Waals surface area contributed by atoms with Gasteiger partial charge in [0.1, 0.15) is 0 Å². The Labute approximate surface area is 130 Å². The first-order valence-corrected chi connectivity index (χ1v) is 8.40. The summed E-state index contributed by atoms with van der Waals surface area (Å²) in [5.74, 6) is 1.04. The number of benzene rings is 1. The molecule has 0 N–H and O–H groups in total. The number of alkyl halides is 2. The van der Waals surface area contributed by atoms with Gasteiger partial charge in [0.15, 0.2) is 0 Å². The maximum Gasteiger partial charge on any atom is 0.0335 e. The average Bonchev–Trinajstić information content (AvgIpc) is 2.90. The van der Waals surface area contributed by atoms with E-state index in [1.807, 2.05) is 12.1 Å². The van der Waals surface area contributed by atoms with Crippen LogP contribution in [0.4, 0.5) is 0 Å². The Balaban J connectivity index is 2.33. The highest BCUT2D eigenvalue weighted by atomic mass is 79.9. The van der Waals surface area contributed by atoms with Gasteiger partial charge in [-0.25, -0.2) is 0 Å². The molecule has 0 amide bonds. The van der Waals surface area contributed by atoms with E-state index >= 15 is 0 Å². The Morgan fingerprint density at radius 3 is 2.22 bits per heavy atom. The second-order valence-electron chi connectivity index (χ2n) is 4.36. The first-order chi connectivity index (χ1) is 8.70. The van der Waals surface area contributed by atoms with Crippen molar-refractivity contribution >= 4 is 50.5 Å². The Bertz CT molecular complexity index is 475. The molecule has 0 aliphatic rings. The standard InChI is InChI=1S/C14H13BrCl2S/c15-13-3-1-12(2-4-13)14(9-16,10-17)7-11-5-6-18-8-11/h1-6,8H,7,9-10H2. The van der Waals surface area contributed by atoms with Gasteiger partial charge in [0.2, 0.25) is 0 Å². The van der Waals surface area contributed by atoms with E-state index in [-0.39, 0.29) is 5.41 Å². The Hall–Kier alpha value is -0.0200. The molecule has 0 aliphatic heterocycles. The summed E-state index contributed by atoms with van der Waals surface area (Å²) in [6, 6.07) is 10.4. The van der Waals surface area contributed by atoms with Crippen molar-refractivity contribution < 1.29 is 0 Å². The summed E-state index contributed by atoms with van der Waals surface area (Å²) in [6.45, 7) is 0. The predicted octanol–water partition coefficient (Wildman–Crippen LogP) is 5.47. The highest BCUT2D eigenvalue weighted by molar-refractivity contribution is 9.10. The number of hydrogen-bond donors (Lipinski definition) is 0. The van der Waals surface area contributed by atoms with Gasteiger partial charge in [-0.05, 0) is 46.5 Å². The molecule has 0 fully saturated rings. The molecule has 0 spiro atoms. The minimum Gasteiger partial charge on any atom is -0.152 e. The fourth-order valence-corrected chi connectivity index (χ4v) is 3.69. The molecule has 0 aliphatic carbocycles. The van der Waals surface area contributed by atoms with Crippen molar-refractivity contribution in [2.45, 2.75) is 11.8 Å². The molecule has 0 atom stereocenters. The Morgan fingerprint density at radius 1 is 1.06 bits per heavy atom. The minimum absolute atomic E-state index is 0.190. The lowest BCUT2D eigenvalue weighted by molar-refractivity contribution is 0.537. The summed E-state index contributed by atoms with van der Waals surface area (Å²) in [5.41, 5.74) is 2.30. The van der Waals surface area contributed by atoms with E-state index in [0.717, 1.165) is 10.9 Å². The van der Waals surface area contributed by atoms with E-state index in [4.69, 9.17) is 23.2 Å². The van der Waals surface area contributed by atoms with Gasteiger partial charge in [-0.2, -0.15) is 11.3 Å². The first-order valence-electron chi connectivity index (χ1n) is 5.59. The molecule has 2 aromatic rings. The lowest BCUT2D eigenvalue weighted by Crippen LogP contribution is -2.33. The van der Waals surface area contributed by atoms with Gasteiger partial charge in [-0.1, -0.05) is 28.1 Å². The van der Waals surface area contributed by atoms with Crippen LogP contribution in [0.25, 0.3) is 0 Å². The van der Waals surface area contributed by atoms with Crippen molar-refractivity contribution in [3.05, 3.63) is 56.7 Å². The van der Waals surface area contributed by atoms with Crippen LogP contribution in [0.5, 0.6) is 0 Å². The number of rotatable bonds is 5. The molecule has 1 aromatic heterocycles. The summed E-state index contributed by atoms with van der Waals surface area (Å²) in [7, 11) is 0.